The number of carboxylic acid groups (broad SMARTS) is 1. The van der Waals surface area contributed by atoms with Gasteiger partial charge < -0.3 is 5.11 Å². The van der Waals surface area contributed by atoms with Crippen LogP contribution in [0.25, 0.3) is 0 Å². The van der Waals surface area contributed by atoms with Crippen LogP contribution in [0.15, 0.2) is 0 Å². The van der Waals surface area contributed by atoms with Gasteiger partial charge in [0.1, 0.15) is 0 Å². The Morgan fingerprint density at radius 3 is 2.44 bits per heavy atom. The summed E-state index contributed by atoms with van der Waals surface area (Å²) in [4.78, 5) is 10.8. The van der Waals surface area contributed by atoms with Gasteiger partial charge in [0.15, 0.2) is 0 Å². The average molecular weight is 278 g/mol. The molecule has 0 spiro atoms. The molecule has 0 aliphatic carbocycles. The second kappa shape index (κ2) is 6.49. The summed E-state index contributed by atoms with van der Waals surface area (Å²) in [6.45, 7) is 4.41. The fraction of sp³-hybridized carbons (Fsp3) is 0.909. The van der Waals surface area contributed by atoms with Crippen LogP contribution in [0.3, 0.4) is 0 Å². The lowest BCUT2D eigenvalue weighted by molar-refractivity contribution is -0.142. The first-order valence-electron chi connectivity index (χ1n) is 6.37. The van der Waals surface area contributed by atoms with Crippen LogP contribution < -0.4 is 4.72 Å². The third-order valence-corrected chi connectivity index (χ3v) is 4.96. The van der Waals surface area contributed by atoms with E-state index in [4.69, 9.17) is 5.11 Å². The molecule has 0 bridgehead atoms. The van der Waals surface area contributed by atoms with Crippen molar-refractivity contribution < 1.29 is 18.3 Å². The van der Waals surface area contributed by atoms with Crippen molar-refractivity contribution in [2.75, 3.05) is 13.1 Å². The molecule has 18 heavy (non-hydrogen) atoms. The molecule has 106 valence electrons. The Morgan fingerprint density at radius 2 is 2.00 bits per heavy atom. The second-order valence-electron chi connectivity index (χ2n) is 4.82. The molecule has 0 saturated carbocycles. The molecule has 0 aromatic rings. The fourth-order valence-electron chi connectivity index (χ4n) is 2.16. The number of aliphatic carboxylic acids is 1. The smallest absolute Gasteiger partial charge is 0.306 e. The molecule has 0 aromatic carbocycles. The van der Waals surface area contributed by atoms with Gasteiger partial charge in [-0.25, -0.2) is 0 Å². The lowest BCUT2D eigenvalue weighted by Gasteiger charge is -2.30. The van der Waals surface area contributed by atoms with Crippen molar-refractivity contribution in [3.8, 4) is 0 Å². The Hall–Kier alpha value is -0.660. The zero-order valence-corrected chi connectivity index (χ0v) is 11.7. The molecule has 1 unspecified atom stereocenters. The van der Waals surface area contributed by atoms with Gasteiger partial charge in [-0.15, -0.1) is 0 Å². The van der Waals surface area contributed by atoms with Gasteiger partial charge in [0.05, 0.1) is 5.92 Å². The van der Waals surface area contributed by atoms with Crippen molar-refractivity contribution in [2.45, 2.75) is 45.6 Å². The number of carboxylic acids is 1. The Balaban J connectivity index is 2.52. The summed E-state index contributed by atoms with van der Waals surface area (Å²) >= 11 is 0. The van der Waals surface area contributed by atoms with E-state index in [0.29, 0.717) is 12.8 Å². The van der Waals surface area contributed by atoms with E-state index in [1.807, 2.05) is 13.8 Å². The van der Waals surface area contributed by atoms with E-state index in [-0.39, 0.29) is 19.1 Å². The van der Waals surface area contributed by atoms with Crippen molar-refractivity contribution in [1.82, 2.24) is 9.03 Å². The van der Waals surface area contributed by atoms with Crippen molar-refractivity contribution >= 4 is 16.2 Å². The van der Waals surface area contributed by atoms with Gasteiger partial charge in [-0.3, -0.25) is 4.79 Å². The van der Waals surface area contributed by atoms with E-state index in [1.165, 1.54) is 4.31 Å². The maximum Gasteiger partial charge on any atom is 0.306 e. The summed E-state index contributed by atoms with van der Waals surface area (Å²) in [6, 6.07) is -0.0859. The quantitative estimate of drug-likeness (QED) is 0.752. The first-order valence-corrected chi connectivity index (χ1v) is 7.81. The van der Waals surface area contributed by atoms with Crippen molar-refractivity contribution in [1.29, 1.82) is 0 Å². The Kier molecular flexibility index (Phi) is 5.55. The Morgan fingerprint density at radius 1 is 1.44 bits per heavy atom. The van der Waals surface area contributed by atoms with Gasteiger partial charge in [-0.05, 0) is 26.2 Å². The predicted octanol–water partition coefficient (Wildman–Crippen LogP) is 0.806. The summed E-state index contributed by atoms with van der Waals surface area (Å²) < 4.78 is 28.0. The first kappa shape index (κ1) is 15.4. The van der Waals surface area contributed by atoms with E-state index >= 15 is 0 Å². The largest absolute Gasteiger partial charge is 0.481 e. The third-order valence-electron chi connectivity index (χ3n) is 3.21. The van der Waals surface area contributed by atoms with Crippen LogP contribution in [0.2, 0.25) is 0 Å². The number of hydrogen-bond donors (Lipinski definition) is 2. The van der Waals surface area contributed by atoms with Gasteiger partial charge in [0, 0.05) is 19.1 Å². The van der Waals surface area contributed by atoms with Gasteiger partial charge in [0.2, 0.25) is 0 Å². The van der Waals surface area contributed by atoms with Crippen LogP contribution in [0.4, 0.5) is 0 Å². The zero-order chi connectivity index (χ0) is 13.8. The van der Waals surface area contributed by atoms with E-state index in [0.717, 1.165) is 12.8 Å². The highest BCUT2D eigenvalue weighted by Crippen LogP contribution is 2.19. The zero-order valence-electron chi connectivity index (χ0n) is 10.9. The van der Waals surface area contributed by atoms with E-state index < -0.39 is 22.1 Å². The lowest BCUT2D eigenvalue weighted by atomic mass is 9.99. The van der Waals surface area contributed by atoms with Gasteiger partial charge in [-0.1, -0.05) is 13.3 Å². The number of carbonyl (C=O) groups is 1. The summed E-state index contributed by atoms with van der Waals surface area (Å²) in [6.07, 6.45) is 2.49. The molecular weight excluding hydrogens is 256 g/mol. The van der Waals surface area contributed by atoms with E-state index in [2.05, 4.69) is 4.72 Å². The van der Waals surface area contributed by atoms with Gasteiger partial charge >= 0.3 is 5.97 Å². The topological polar surface area (TPSA) is 86.7 Å². The third kappa shape index (κ3) is 4.22. The molecule has 1 saturated heterocycles. The van der Waals surface area contributed by atoms with E-state index in [9.17, 15) is 13.2 Å². The molecular formula is C11H22N2O4S. The summed E-state index contributed by atoms with van der Waals surface area (Å²) in [7, 11) is -3.46. The minimum Gasteiger partial charge on any atom is -0.481 e. The standard InChI is InChI=1S/C11H22N2O4S/c1-3-4-9(2)12-18(16,17)13-7-5-10(6-8-13)11(14)15/h9-10,12H,3-8H2,1-2H3,(H,14,15). The predicted molar refractivity (Wildman–Crippen MR) is 68.4 cm³/mol. The van der Waals surface area contributed by atoms with Crippen molar-refractivity contribution in [2.24, 2.45) is 5.92 Å². The number of nitrogens with zero attached hydrogens (tertiary/aromatic N) is 1. The van der Waals surface area contributed by atoms with Crippen LogP contribution in [-0.2, 0) is 15.0 Å². The maximum atomic E-state index is 12.0. The van der Waals surface area contributed by atoms with Crippen LogP contribution in [0.1, 0.15) is 39.5 Å². The maximum absolute atomic E-state index is 12.0. The fourth-order valence-corrected chi connectivity index (χ4v) is 3.63. The molecule has 6 nitrogen and oxygen atoms in total. The van der Waals surface area contributed by atoms with Crippen LogP contribution in [0.5, 0.6) is 0 Å². The summed E-state index contributed by atoms with van der Waals surface area (Å²) in [5.41, 5.74) is 0. The molecule has 0 aromatic heterocycles. The summed E-state index contributed by atoms with van der Waals surface area (Å²) in [5, 5.41) is 8.86. The van der Waals surface area contributed by atoms with Crippen LogP contribution in [0, 0.1) is 5.92 Å². The van der Waals surface area contributed by atoms with Gasteiger partial charge in [0.25, 0.3) is 10.2 Å². The average Bonchev–Trinajstić information content (AvgIpc) is 2.28. The molecule has 0 radical (unpaired) electrons. The Bertz CT molecular complexity index is 375. The molecule has 7 heteroatoms. The minimum absolute atomic E-state index is 0.0859. The first-order chi connectivity index (χ1) is 8.36. The minimum atomic E-state index is -3.46. The second-order valence-corrected chi connectivity index (χ2v) is 6.53. The lowest BCUT2D eigenvalue weighted by Crippen LogP contribution is -2.48. The number of rotatable bonds is 6. The molecule has 1 rings (SSSR count). The molecule has 1 heterocycles. The highest BCUT2D eigenvalue weighted by molar-refractivity contribution is 7.87. The monoisotopic (exact) mass is 278 g/mol. The van der Waals surface area contributed by atoms with Crippen LogP contribution >= 0.6 is 0 Å². The normalized spacial score (nSPS) is 20.8. The highest BCUT2D eigenvalue weighted by atomic mass is 32.2. The van der Waals surface area contributed by atoms with E-state index in [1.54, 1.807) is 0 Å². The number of hydrogen-bond acceptors (Lipinski definition) is 3. The molecule has 1 fully saturated rings. The Labute approximate surface area is 109 Å². The summed E-state index contributed by atoms with van der Waals surface area (Å²) in [5.74, 6) is -1.25. The number of piperidine rings is 1. The molecule has 0 amide bonds. The highest BCUT2D eigenvalue weighted by Gasteiger charge is 2.31. The molecule has 1 aliphatic rings. The SMILES string of the molecule is CCCC(C)NS(=O)(=O)N1CCC(C(=O)O)CC1. The van der Waals surface area contributed by atoms with Crippen molar-refractivity contribution in [3.05, 3.63) is 0 Å². The number of nitrogens with one attached hydrogen (secondary N) is 1. The molecule has 2 N–H and O–H groups in total. The van der Waals surface area contributed by atoms with Crippen LogP contribution in [-0.4, -0.2) is 42.9 Å². The van der Waals surface area contributed by atoms with Crippen molar-refractivity contribution in [3.63, 3.8) is 0 Å². The molecule has 1 atom stereocenters. The van der Waals surface area contributed by atoms with Gasteiger partial charge in [-0.2, -0.15) is 17.4 Å². The molecule has 1 aliphatic heterocycles.